The van der Waals surface area contributed by atoms with Crippen LogP contribution in [0.1, 0.15) is 45.2 Å². The molecule has 3 N–H and O–H groups in total. The Morgan fingerprint density at radius 3 is 2.44 bits per heavy atom. The molecule has 0 spiro atoms. The van der Waals surface area contributed by atoms with Gasteiger partial charge in [-0.3, -0.25) is 14.3 Å². The lowest BCUT2D eigenvalue weighted by molar-refractivity contribution is -0.147. The molecule has 1 aromatic carbocycles. The fourth-order valence-electron chi connectivity index (χ4n) is 4.50. The highest BCUT2D eigenvalue weighted by atomic mass is 35.5. The number of piperidine rings is 1. The number of halogens is 3. The molecular weight excluding hydrogens is 498 g/mol. The van der Waals surface area contributed by atoms with Crippen molar-refractivity contribution in [1.82, 2.24) is 14.7 Å². The first-order valence-electron chi connectivity index (χ1n) is 11.7. The van der Waals surface area contributed by atoms with E-state index in [-0.39, 0.29) is 41.8 Å². The quantitative estimate of drug-likeness (QED) is 0.429. The number of aliphatic hydroxyl groups excluding tert-OH is 1. The van der Waals surface area contributed by atoms with Crippen LogP contribution in [0.4, 0.5) is 14.5 Å². The molecule has 9 nitrogen and oxygen atoms in total. The molecule has 1 saturated heterocycles. The van der Waals surface area contributed by atoms with Crippen molar-refractivity contribution in [1.29, 1.82) is 0 Å². The van der Waals surface area contributed by atoms with E-state index in [1.807, 2.05) is 24.8 Å². The second-order valence-corrected chi connectivity index (χ2v) is 9.75. The van der Waals surface area contributed by atoms with Gasteiger partial charge in [-0.2, -0.15) is 13.9 Å². The van der Waals surface area contributed by atoms with E-state index in [2.05, 4.69) is 15.2 Å². The van der Waals surface area contributed by atoms with Crippen LogP contribution in [-0.4, -0.2) is 69.1 Å². The molecule has 0 radical (unpaired) electrons. The Labute approximate surface area is 213 Å². The maximum Gasteiger partial charge on any atom is 0.387 e. The van der Waals surface area contributed by atoms with Crippen molar-refractivity contribution >= 4 is 29.2 Å². The van der Waals surface area contributed by atoms with Crippen molar-refractivity contribution in [2.75, 3.05) is 25.0 Å². The maximum atomic E-state index is 13.8. The summed E-state index contributed by atoms with van der Waals surface area (Å²) in [5.74, 6) is -2.73. The van der Waals surface area contributed by atoms with Crippen molar-refractivity contribution < 1.29 is 33.3 Å². The summed E-state index contributed by atoms with van der Waals surface area (Å²) in [6, 6.07) is 5.88. The van der Waals surface area contributed by atoms with Gasteiger partial charge in [-0.25, -0.2) is 0 Å². The number of anilines is 1. The van der Waals surface area contributed by atoms with E-state index < -0.39 is 36.0 Å². The summed E-state index contributed by atoms with van der Waals surface area (Å²) in [6.07, 6.45) is 1.14. The summed E-state index contributed by atoms with van der Waals surface area (Å²) in [5, 5.41) is 26.7. The predicted octanol–water partition coefficient (Wildman–Crippen LogP) is 3.77. The third-order valence-electron chi connectivity index (χ3n) is 6.54. The number of carboxylic acid groups (broad SMARTS) is 1. The van der Waals surface area contributed by atoms with E-state index in [0.29, 0.717) is 13.1 Å². The fourth-order valence-corrected chi connectivity index (χ4v) is 4.66. The molecule has 198 valence electrons. The third-order valence-corrected chi connectivity index (χ3v) is 6.77. The number of rotatable bonds is 10. The van der Waals surface area contributed by atoms with Gasteiger partial charge in [0.15, 0.2) is 5.75 Å². The molecule has 36 heavy (non-hydrogen) atoms. The number of hydrogen-bond donors (Lipinski definition) is 3. The van der Waals surface area contributed by atoms with Gasteiger partial charge in [-0.15, -0.1) is 0 Å². The SMILES string of the molecule is CC(C)c1ccnn1C1(C(=O)Nc2ccc(Cl)cc2OC(F)F)CCN(C[C@@H](C(=O)O)[C@@H](C)O)CC1. The fraction of sp³-hybridized carbons (Fsp3) is 0.542. The van der Waals surface area contributed by atoms with Gasteiger partial charge in [-0.05, 0) is 43.9 Å². The topological polar surface area (TPSA) is 117 Å². The van der Waals surface area contributed by atoms with Gasteiger partial charge in [0, 0.05) is 42.6 Å². The van der Waals surface area contributed by atoms with Crippen molar-refractivity contribution in [3.05, 3.63) is 41.2 Å². The monoisotopic (exact) mass is 528 g/mol. The molecular formula is C24H31ClF2N4O5. The molecule has 2 heterocycles. The van der Waals surface area contributed by atoms with Gasteiger partial charge in [0.05, 0.1) is 17.7 Å². The zero-order chi connectivity index (χ0) is 26.6. The van der Waals surface area contributed by atoms with Crippen molar-refractivity contribution in [3.63, 3.8) is 0 Å². The van der Waals surface area contributed by atoms with Gasteiger partial charge in [0.1, 0.15) is 5.54 Å². The second kappa shape index (κ2) is 11.5. The minimum absolute atomic E-state index is 0.0461. The number of benzene rings is 1. The van der Waals surface area contributed by atoms with E-state index >= 15 is 0 Å². The average molecular weight is 529 g/mol. The number of aliphatic hydroxyl groups is 1. The van der Waals surface area contributed by atoms with E-state index in [1.165, 1.54) is 25.1 Å². The number of carbonyl (C=O) groups excluding carboxylic acids is 1. The standard InChI is InChI=1S/C24H31ClF2N4O5/c1-14(2)19-6-9-28-31(19)24(7-10-30(11-8-24)13-17(15(3)32)21(33)34)22(35)29-18-5-4-16(25)12-20(18)36-23(26)27/h4-6,9,12,14-15,17,23,32H,7-8,10-11,13H2,1-3H3,(H,29,35)(H,33,34)/t15-,17-/m1/s1. The molecule has 1 amide bonds. The first-order chi connectivity index (χ1) is 16.9. The first kappa shape index (κ1) is 27.8. The smallest absolute Gasteiger partial charge is 0.387 e. The molecule has 0 unspecified atom stereocenters. The van der Waals surface area contributed by atoms with Gasteiger partial charge >= 0.3 is 12.6 Å². The number of nitrogens with one attached hydrogen (secondary N) is 1. The van der Waals surface area contributed by atoms with E-state index in [1.54, 1.807) is 10.9 Å². The normalized spacial score (nSPS) is 17.7. The van der Waals surface area contributed by atoms with E-state index in [9.17, 15) is 28.6 Å². The van der Waals surface area contributed by atoms with Crippen LogP contribution in [0.15, 0.2) is 30.5 Å². The molecule has 1 aliphatic rings. The number of nitrogens with zero attached hydrogens (tertiary/aromatic N) is 3. The largest absolute Gasteiger partial charge is 0.481 e. The Morgan fingerprint density at radius 2 is 1.89 bits per heavy atom. The minimum atomic E-state index is -3.11. The number of amides is 1. The second-order valence-electron chi connectivity index (χ2n) is 9.31. The Balaban J connectivity index is 1.92. The van der Waals surface area contributed by atoms with Crippen LogP contribution in [0.25, 0.3) is 0 Å². The zero-order valence-corrected chi connectivity index (χ0v) is 21.1. The lowest BCUT2D eigenvalue weighted by Gasteiger charge is -2.42. The molecule has 0 bridgehead atoms. The highest BCUT2D eigenvalue weighted by molar-refractivity contribution is 6.30. The molecule has 1 aliphatic heterocycles. The molecule has 3 rings (SSSR count). The predicted molar refractivity (Wildman–Crippen MR) is 129 cm³/mol. The summed E-state index contributed by atoms with van der Waals surface area (Å²) in [7, 11) is 0. The number of ether oxygens (including phenoxy) is 1. The number of aliphatic carboxylic acids is 1. The molecule has 2 atom stereocenters. The zero-order valence-electron chi connectivity index (χ0n) is 20.3. The maximum absolute atomic E-state index is 13.8. The number of likely N-dealkylation sites (tertiary alicyclic amines) is 1. The van der Waals surface area contributed by atoms with Gasteiger partial charge in [0.25, 0.3) is 5.91 Å². The number of alkyl halides is 2. The Hall–Kier alpha value is -2.76. The molecule has 12 heteroatoms. The Morgan fingerprint density at radius 1 is 1.22 bits per heavy atom. The Bertz CT molecular complexity index is 1070. The highest BCUT2D eigenvalue weighted by Gasteiger charge is 2.46. The molecule has 2 aromatic rings. The molecule has 0 saturated carbocycles. The molecule has 1 aromatic heterocycles. The highest BCUT2D eigenvalue weighted by Crippen LogP contribution is 2.37. The van der Waals surface area contributed by atoms with Crippen LogP contribution in [0.5, 0.6) is 5.75 Å². The number of carboxylic acids is 1. The minimum Gasteiger partial charge on any atom is -0.481 e. The number of hydrogen-bond acceptors (Lipinski definition) is 6. The van der Waals surface area contributed by atoms with Gasteiger partial charge in [0.2, 0.25) is 0 Å². The van der Waals surface area contributed by atoms with Crippen molar-refractivity contribution in [2.24, 2.45) is 5.92 Å². The number of carbonyl (C=O) groups is 2. The lowest BCUT2D eigenvalue weighted by Crippen LogP contribution is -2.55. The van der Waals surface area contributed by atoms with Gasteiger partial charge < -0.3 is 25.2 Å². The van der Waals surface area contributed by atoms with Crippen LogP contribution in [-0.2, 0) is 15.1 Å². The average Bonchev–Trinajstić information content (AvgIpc) is 3.29. The molecule has 0 aliphatic carbocycles. The first-order valence-corrected chi connectivity index (χ1v) is 12.1. The summed E-state index contributed by atoms with van der Waals surface area (Å²) in [6.45, 7) is 3.13. The molecule has 1 fully saturated rings. The van der Waals surface area contributed by atoms with Crippen LogP contribution >= 0.6 is 11.6 Å². The summed E-state index contributed by atoms with van der Waals surface area (Å²) >= 11 is 5.93. The summed E-state index contributed by atoms with van der Waals surface area (Å²) < 4.78 is 32.2. The van der Waals surface area contributed by atoms with Crippen LogP contribution in [0.2, 0.25) is 5.02 Å². The summed E-state index contributed by atoms with van der Waals surface area (Å²) in [4.78, 5) is 27.3. The lowest BCUT2D eigenvalue weighted by atomic mass is 9.85. The number of aromatic nitrogens is 2. The summed E-state index contributed by atoms with van der Waals surface area (Å²) in [5.41, 5.74) is -0.291. The van der Waals surface area contributed by atoms with Crippen LogP contribution in [0.3, 0.4) is 0 Å². The van der Waals surface area contributed by atoms with Crippen molar-refractivity contribution in [2.45, 2.75) is 57.8 Å². The van der Waals surface area contributed by atoms with Gasteiger partial charge in [-0.1, -0.05) is 25.4 Å². The van der Waals surface area contributed by atoms with Crippen LogP contribution in [0, 0.1) is 5.92 Å². The third kappa shape index (κ3) is 6.13. The van der Waals surface area contributed by atoms with Crippen LogP contribution < -0.4 is 10.1 Å². The van der Waals surface area contributed by atoms with E-state index in [4.69, 9.17) is 11.6 Å². The van der Waals surface area contributed by atoms with E-state index in [0.717, 1.165) is 5.69 Å². The Kier molecular flexibility index (Phi) is 8.91. The van der Waals surface area contributed by atoms with Crippen molar-refractivity contribution in [3.8, 4) is 5.75 Å².